The first-order valence-electron chi connectivity index (χ1n) is 6.02. The fourth-order valence-electron chi connectivity index (χ4n) is 1.45. The van der Waals surface area contributed by atoms with Gasteiger partial charge >= 0.3 is 0 Å². The van der Waals surface area contributed by atoms with Gasteiger partial charge in [0, 0.05) is 12.6 Å². The van der Waals surface area contributed by atoms with Gasteiger partial charge in [-0.2, -0.15) is 0 Å². The molecule has 0 spiro atoms. The number of nitrogens with one attached hydrogen (secondary N) is 1. The van der Waals surface area contributed by atoms with Crippen LogP contribution in [0, 0.1) is 0 Å². The minimum absolute atomic E-state index is 0.338. The molecule has 17 heavy (non-hydrogen) atoms. The first-order valence-corrected chi connectivity index (χ1v) is 6.02. The van der Waals surface area contributed by atoms with Crippen molar-refractivity contribution in [2.24, 2.45) is 5.28 Å². The van der Waals surface area contributed by atoms with Crippen LogP contribution in [0.2, 0.25) is 0 Å². The largest absolute Gasteiger partial charge is 0.853 e. The molecule has 0 aromatic rings. The smallest absolute Gasteiger partial charge is 0.271 e. The molecule has 7 nitrogen and oxygen atoms in total. The minimum Gasteiger partial charge on any atom is -0.853 e. The topological polar surface area (TPSA) is 94.2 Å². The van der Waals surface area contributed by atoms with Crippen molar-refractivity contribution in [3.63, 3.8) is 0 Å². The molecular weight excluding hydrogens is 224 g/mol. The Bertz CT molecular complexity index is 222. The van der Waals surface area contributed by atoms with Crippen LogP contribution in [0.5, 0.6) is 0 Å². The maximum absolute atomic E-state index is 11.0. The van der Waals surface area contributed by atoms with Gasteiger partial charge < -0.3 is 15.6 Å². The van der Waals surface area contributed by atoms with Crippen molar-refractivity contribution in [3.05, 3.63) is 0 Å². The number of hydrogen-bond acceptors (Lipinski definition) is 3. The van der Waals surface area contributed by atoms with Gasteiger partial charge in [-0.3, -0.25) is 0 Å². The predicted octanol–water partition coefficient (Wildman–Crippen LogP) is -0.0265. The van der Waals surface area contributed by atoms with Gasteiger partial charge in [-0.15, -0.1) is 11.6 Å². The van der Waals surface area contributed by atoms with Gasteiger partial charge in [0.15, 0.2) is 0 Å². The highest BCUT2D eigenvalue weighted by atomic mass is 16.6. The Morgan fingerprint density at radius 1 is 1.41 bits per heavy atom. The molecule has 102 valence electrons. The Morgan fingerprint density at radius 2 is 2.06 bits per heavy atom. The Hall–Kier alpha value is -1.08. The van der Waals surface area contributed by atoms with E-state index in [1.807, 2.05) is 6.92 Å². The Labute approximate surface area is 102 Å². The summed E-state index contributed by atoms with van der Waals surface area (Å²) in [5, 5.41) is 36.1. The molecule has 0 aromatic heterocycles. The van der Waals surface area contributed by atoms with E-state index in [2.05, 4.69) is 24.4 Å². The lowest BCUT2D eigenvalue weighted by Crippen LogP contribution is -2.49. The molecule has 2 atom stereocenters. The zero-order valence-corrected chi connectivity index (χ0v) is 10.8. The van der Waals surface area contributed by atoms with Gasteiger partial charge in [0.25, 0.3) is 10.2 Å². The zero-order chi connectivity index (χ0) is 13.3. The minimum atomic E-state index is -0.380. The van der Waals surface area contributed by atoms with E-state index in [0.717, 1.165) is 6.42 Å². The number of hydrazine groups is 1. The van der Waals surface area contributed by atoms with Gasteiger partial charge in [-0.05, 0) is 19.8 Å². The van der Waals surface area contributed by atoms with E-state index in [4.69, 9.17) is 5.21 Å². The summed E-state index contributed by atoms with van der Waals surface area (Å²) < 4.78 is 0. The lowest BCUT2D eigenvalue weighted by atomic mass is 10.2. The van der Waals surface area contributed by atoms with Crippen molar-refractivity contribution >= 4 is 0 Å². The Balaban J connectivity index is 4.30. The molecule has 0 bridgehead atoms. The quantitative estimate of drug-likeness (QED) is 0.303. The molecule has 3 N–H and O–H groups in total. The first kappa shape index (κ1) is 15.9. The fourth-order valence-corrected chi connectivity index (χ4v) is 1.45. The molecule has 0 saturated carbocycles. The van der Waals surface area contributed by atoms with E-state index < -0.39 is 0 Å². The van der Waals surface area contributed by atoms with E-state index in [1.165, 1.54) is 5.01 Å². The second kappa shape index (κ2) is 9.00. The summed E-state index contributed by atoms with van der Waals surface area (Å²) in [5.41, 5.74) is 0. The molecule has 0 aliphatic heterocycles. The average molecular weight is 248 g/mol. The lowest BCUT2D eigenvalue weighted by molar-refractivity contribution is -0.946. The normalized spacial score (nSPS) is 15.6. The average Bonchev–Trinajstić information content (AvgIpc) is 2.36. The molecule has 0 aliphatic carbocycles. The van der Waals surface area contributed by atoms with E-state index in [0.29, 0.717) is 30.5 Å². The molecule has 0 amide bonds. The molecule has 0 heterocycles. The zero-order valence-electron chi connectivity index (χ0n) is 10.8. The van der Waals surface area contributed by atoms with Crippen LogP contribution in [0.3, 0.4) is 0 Å². The van der Waals surface area contributed by atoms with Gasteiger partial charge in [0.2, 0.25) is 0 Å². The molecule has 2 unspecified atom stereocenters. The summed E-state index contributed by atoms with van der Waals surface area (Å²) in [6.45, 7) is 6.64. The van der Waals surface area contributed by atoms with Gasteiger partial charge in [-0.1, -0.05) is 13.8 Å². The van der Waals surface area contributed by atoms with Crippen LogP contribution < -0.4 is 10.4 Å². The maximum atomic E-state index is 11.0. The summed E-state index contributed by atoms with van der Waals surface area (Å²) in [7, 11) is 0. The third-order valence-corrected chi connectivity index (χ3v) is 2.84. The molecule has 7 heteroatoms. The molecule has 0 radical (unpaired) electrons. The summed E-state index contributed by atoms with van der Waals surface area (Å²) >= 11 is 0. The fraction of sp³-hybridized carbons (Fsp3) is 1.00. The maximum Gasteiger partial charge on any atom is 0.271 e. The van der Waals surface area contributed by atoms with Gasteiger partial charge in [0.05, 0.1) is 12.6 Å². The second-order valence-corrected chi connectivity index (χ2v) is 4.01. The van der Waals surface area contributed by atoms with Gasteiger partial charge in [0.1, 0.15) is 0 Å². The number of nitrogens with zero attached hydrogens (tertiary/aromatic N) is 3. The van der Waals surface area contributed by atoms with Crippen LogP contribution in [-0.2, 0) is 0 Å². The first-order chi connectivity index (χ1) is 8.10. The van der Waals surface area contributed by atoms with Crippen molar-refractivity contribution in [3.8, 4) is 0 Å². The van der Waals surface area contributed by atoms with E-state index in [-0.39, 0.29) is 12.6 Å². The second-order valence-electron chi connectivity index (χ2n) is 4.01. The summed E-state index contributed by atoms with van der Waals surface area (Å²) in [6, 6.07) is -0.00276. The van der Waals surface area contributed by atoms with Crippen molar-refractivity contribution in [1.82, 2.24) is 10.3 Å². The molecule has 0 aromatic carbocycles. The predicted molar refractivity (Wildman–Crippen MR) is 59.7 cm³/mol. The van der Waals surface area contributed by atoms with Crippen molar-refractivity contribution in [1.29, 1.82) is 0 Å². The van der Waals surface area contributed by atoms with Crippen LogP contribution in [0.25, 0.3) is 0 Å². The monoisotopic (exact) mass is 248 g/mol. The van der Waals surface area contributed by atoms with E-state index in [9.17, 15) is 10.3 Å². The van der Waals surface area contributed by atoms with Crippen molar-refractivity contribution in [2.75, 3.05) is 19.7 Å². The highest BCUT2D eigenvalue weighted by Crippen LogP contribution is 2.02. The van der Waals surface area contributed by atoms with E-state index in [1.54, 1.807) is 0 Å². The molecule has 0 fully saturated rings. The molecule has 0 rings (SSSR count). The Morgan fingerprint density at radius 3 is 2.47 bits per heavy atom. The number of hydrogen-bond donors (Lipinski definition) is 3. The number of rotatable bonds is 9. The molecular formula is C10H24N4O3. The van der Waals surface area contributed by atoms with Crippen LogP contribution >= 0.6 is 0 Å². The highest BCUT2D eigenvalue weighted by molar-refractivity contribution is 4.64. The van der Waals surface area contributed by atoms with Crippen LogP contribution in [0.1, 0.15) is 33.6 Å². The molecule has 0 saturated heterocycles. The Kier molecular flexibility index (Phi) is 8.43. The van der Waals surface area contributed by atoms with Gasteiger partial charge in [-0.25, -0.2) is 5.21 Å². The van der Waals surface area contributed by atoms with Crippen LogP contribution in [0.15, 0.2) is 5.28 Å². The summed E-state index contributed by atoms with van der Waals surface area (Å²) in [4.78, 5) is 0.338. The lowest BCUT2D eigenvalue weighted by Gasteiger charge is -2.25. The highest BCUT2D eigenvalue weighted by Gasteiger charge is 2.24. The standard InChI is InChI=1S/C10H23N4O3/c1-4-9(3)11-6-7-13(14(17)12-16)10(5-2)8-15/h9-11,17H,4-8H2,1-3H3/q-1/p+1. The van der Waals surface area contributed by atoms with Crippen molar-refractivity contribution < 1.29 is 20.5 Å². The summed E-state index contributed by atoms with van der Waals surface area (Å²) in [5.74, 6) is 0. The third-order valence-electron chi connectivity index (χ3n) is 2.84. The SMILES string of the molecule is CCC(C)NCCN(C(CC)C[O-])/[N+](O)=N/O. The van der Waals surface area contributed by atoms with E-state index >= 15 is 0 Å². The molecule has 0 aliphatic rings. The van der Waals surface area contributed by atoms with Crippen molar-refractivity contribution in [2.45, 2.75) is 45.7 Å². The summed E-state index contributed by atoms with van der Waals surface area (Å²) in [6.07, 6.45) is 1.59. The van der Waals surface area contributed by atoms with Crippen LogP contribution in [0.4, 0.5) is 0 Å². The van der Waals surface area contributed by atoms with Crippen LogP contribution in [-0.4, -0.2) is 52.2 Å². The third kappa shape index (κ3) is 5.69.